The smallest absolute Gasteiger partial charge is 0.335 e. The number of aromatic nitrogens is 2. The molecule has 1 aliphatic carbocycles. The molecule has 0 fully saturated rings. The lowest BCUT2D eigenvalue weighted by atomic mass is 9.93. The number of carbonyl (C=O) groups is 2. The highest BCUT2D eigenvalue weighted by Crippen LogP contribution is 2.34. The molecule has 0 saturated carbocycles. The quantitative estimate of drug-likeness (QED) is 0.596. The van der Waals surface area contributed by atoms with Crippen molar-refractivity contribution in [3.63, 3.8) is 0 Å². The third-order valence-corrected chi connectivity index (χ3v) is 5.42. The molecule has 9 heteroatoms. The van der Waals surface area contributed by atoms with Crippen LogP contribution in [0.5, 0.6) is 0 Å². The average Bonchev–Trinajstić information content (AvgIpc) is 3.10. The number of benzene rings is 2. The van der Waals surface area contributed by atoms with Gasteiger partial charge in [0, 0.05) is 11.1 Å². The van der Waals surface area contributed by atoms with E-state index in [1.54, 1.807) is 0 Å². The summed E-state index contributed by atoms with van der Waals surface area (Å²) in [6.45, 7) is 0. The summed E-state index contributed by atoms with van der Waals surface area (Å²) >= 11 is 5.94. The molecule has 0 unspecified atom stereocenters. The standard InChI is InChI=1S/C21H14ClF3N2O3/c22-13-7-8-14(23)18(25)17(13)20(28)27-16-4-2-1-3-12(16)19(26-27)11-6-5-10(21(29)30)9-15(11)24/h5-9H,1-4H2,(H,29,30). The molecule has 0 radical (unpaired) electrons. The van der Waals surface area contributed by atoms with Gasteiger partial charge in [-0.2, -0.15) is 9.78 Å². The molecule has 0 spiro atoms. The lowest BCUT2D eigenvalue weighted by molar-refractivity contribution is 0.0696. The fourth-order valence-corrected chi connectivity index (χ4v) is 3.88. The van der Waals surface area contributed by atoms with E-state index in [4.69, 9.17) is 16.7 Å². The van der Waals surface area contributed by atoms with E-state index in [-0.39, 0.29) is 21.8 Å². The van der Waals surface area contributed by atoms with Crippen LogP contribution in [0.2, 0.25) is 5.02 Å². The number of nitrogens with zero attached hydrogens (tertiary/aromatic N) is 2. The van der Waals surface area contributed by atoms with Gasteiger partial charge in [-0.15, -0.1) is 0 Å². The van der Waals surface area contributed by atoms with Crippen molar-refractivity contribution in [2.24, 2.45) is 0 Å². The van der Waals surface area contributed by atoms with Crippen molar-refractivity contribution in [3.8, 4) is 11.3 Å². The molecule has 1 heterocycles. The van der Waals surface area contributed by atoms with E-state index < -0.39 is 34.9 Å². The van der Waals surface area contributed by atoms with Gasteiger partial charge >= 0.3 is 5.97 Å². The molecular formula is C21H14ClF3N2O3. The van der Waals surface area contributed by atoms with Crippen LogP contribution in [0.4, 0.5) is 13.2 Å². The van der Waals surface area contributed by atoms with Gasteiger partial charge in [0.2, 0.25) is 0 Å². The minimum absolute atomic E-state index is 0.0236. The van der Waals surface area contributed by atoms with Crippen LogP contribution in [-0.4, -0.2) is 26.8 Å². The number of rotatable bonds is 3. The molecule has 3 aromatic rings. The monoisotopic (exact) mass is 434 g/mol. The van der Waals surface area contributed by atoms with Crippen LogP contribution in [-0.2, 0) is 12.8 Å². The maximum Gasteiger partial charge on any atom is 0.335 e. The molecule has 2 aromatic carbocycles. The number of carbonyl (C=O) groups excluding carboxylic acids is 1. The number of carboxylic acids is 1. The van der Waals surface area contributed by atoms with Crippen molar-refractivity contribution in [1.29, 1.82) is 0 Å². The summed E-state index contributed by atoms with van der Waals surface area (Å²) in [6.07, 6.45) is 2.48. The molecule has 1 aromatic heterocycles. The summed E-state index contributed by atoms with van der Waals surface area (Å²) in [5.74, 6) is -5.65. The molecule has 1 N–H and O–H groups in total. The Hall–Kier alpha value is -3.13. The number of fused-ring (bicyclic) bond motifs is 1. The molecule has 154 valence electrons. The SMILES string of the molecule is O=C(O)c1ccc(-c2nn(C(=O)c3c(Cl)ccc(F)c3F)c3c2CCCC3)c(F)c1. The molecule has 4 rings (SSSR count). The third kappa shape index (κ3) is 3.27. The largest absolute Gasteiger partial charge is 0.478 e. The normalized spacial score (nSPS) is 13.2. The molecule has 1 aliphatic rings. The first kappa shape index (κ1) is 20.2. The predicted molar refractivity (Wildman–Crippen MR) is 102 cm³/mol. The number of hydrogen-bond acceptors (Lipinski definition) is 3. The predicted octanol–water partition coefficient (Wildman–Crippen LogP) is 4.89. The van der Waals surface area contributed by atoms with Gasteiger partial charge in [0.25, 0.3) is 5.91 Å². The van der Waals surface area contributed by atoms with Gasteiger partial charge in [-0.1, -0.05) is 11.6 Å². The van der Waals surface area contributed by atoms with E-state index in [0.29, 0.717) is 24.1 Å². The number of aromatic carboxylic acids is 1. The molecule has 0 amide bonds. The number of halogens is 4. The second-order valence-electron chi connectivity index (χ2n) is 6.92. The van der Waals surface area contributed by atoms with Crippen LogP contribution < -0.4 is 0 Å². The third-order valence-electron chi connectivity index (χ3n) is 5.10. The lowest BCUT2D eigenvalue weighted by Crippen LogP contribution is -2.20. The second-order valence-corrected chi connectivity index (χ2v) is 7.32. The van der Waals surface area contributed by atoms with E-state index in [2.05, 4.69) is 5.10 Å². The Morgan fingerprint density at radius 1 is 1.03 bits per heavy atom. The highest BCUT2D eigenvalue weighted by Gasteiger charge is 2.29. The van der Waals surface area contributed by atoms with Crippen LogP contribution in [0.1, 0.15) is 44.8 Å². The molecule has 30 heavy (non-hydrogen) atoms. The van der Waals surface area contributed by atoms with Gasteiger partial charge < -0.3 is 5.11 Å². The number of carboxylic acid groups (broad SMARTS) is 1. The van der Waals surface area contributed by atoms with Crippen LogP contribution in [0.3, 0.4) is 0 Å². The van der Waals surface area contributed by atoms with Crippen molar-refractivity contribution < 1.29 is 27.9 Å². The summed E-state index contributed by atoms with van der Waals surface area (Å²) in [5.41, 5.74) is 0.401. The van der Waals surface area contributed by atoms with Gasteiger partial charge in [-0.3, -0.25) is 4.79 Å². The maximum absolute atomic E-state index is 14.7. The first-order valence-electron chi connectivity index (χ1n) is 9.11. The molecule has 0 aliphatic heterocycles. The Kier molecular flexibility index (Phi) is 5.11. The Balaban J connectivity index is 1.89. The summed E-state index contributed by atoms with van der Waals surface area (Å²) < 4.78 is 43.6. The van der Waals surface area contributed by atoms with Gasteiger partial charge in [0.05, 0.1) is 27.5 Å². The Morgan fingerprint density at radius 2 is 1.77 bits per heavy atom. The molecule has 5 nitrogen and oxygen atoms in total. The Labute approximate surface area is 173 Å². The topological polar surface area (TPSA) is 72.2 Å². The van der Waals surface area contributed by atoms with E-state index in [0.717, 1.165) is 35.7 Å². The average molecular weight is 435 g/mol. The van der Waals surface area contributed by atoms with Crippen LogP contribution in [0.15, 0.2) is 30.3 Å². The van der Waals surface area contributed by atoms with Crippen molar-refractivity contribution in [2.75, 3.05) is 0 Å². The van der Waals surface area contributed by atoms with Crippen molar-refractivity contribution in [2.45, 2.75) is 25.7 Å². The molecule has 0 atom stereocenters. The zero-order valence-electron chi connectivity index (χ0n) is 15.4. The van der Waals surface area contributed by atoms with E-state index in [1.807, 2.05) is 0 Å². The molecular weight excluding hydrogens is 421 g/mol. The zero-order chi connectivity index (χ0) is 21.6. The van der Waals surface area contributed by atoms with Gasteiger partial charge in [0.15, 0.2) is 11.6 Å². The maximum atomic E-state index is 14.7. The first-order valence-corrected chi connectivity index (χ1v) is 9.49. The second kappa shape index (κ2) is 7.60. The first-order chi connectivity index (χ1) is 14.3. The van der Waals surface area contributed by atoms with Crippen molar-refractivity contribution >= 4 is 23.5 Å². The highest BCUT2D eigenvalue weighted by molar-refractivity contribution is 6.34. The van der Waals surface area contributed by atoms with Gasteiger partial charge in [-0.25, -0.2) is 18.0 Å². The highest BCUT2D eigenvalue weighted by atomic mass is 35.5. The zero-order valence-corrected chi connectivity index (χ0v) is 16.1. The van der Waals surface area contributed by atoms with Crippen molar-refractivity contribution in [3.05, 3.63) is 75.2 Å². The van der Waals surface area contributed by atoms with Crippen LogP contribution in [0.25, 0.3) is 11.3 Å². The minimum Gasteiger partial charge on any atom is -0.478 e. The van der Waals surface area contributed by atoms with Crippen LogP contribution >= 0.6 is 11.6 Å². The van der Waals surface area contributed by atoms with E-state index in [9.17, 15) is 22.8 Å². The van der Waals surface area contributed by atoms with E-state index in [1.165, 1.54) is 12.1 Å². The van der Waals surface area contributed by atoms with E-state index >= 15 is 0 Å². The van der Waals surface area contributed by atoms with Crippen LogP contribution in [0, 0.1) is 17.5 Å². The number of hydrogen-bond donors (Lipinski definition) is 1. The fourth-order valence-electron chi connectivity index (χ4n) is 3.65. The van der Waals surface area contributed by atoms with Crippen molar-refractivity contribution in [1.82, 2.24) is 9.78 Å². The summed E-state index contributed by atoms with van der Waals surface area (Å²) in [6, 6.07) is 5.28. The Morgan fingerprint density at radius 3 is 2.47 bits per heavy atom. The summed E-state index contributed by atoms with van der Waals surface area (Å²) in [5, 5.41) is 13.0. The Bertz CT molecular complexity index is 1210. The summed E-state index contributed by atoms with van der Waals surface area (Å²) in [4.78, 5) is 24.1. The summed E-state index contributed by atoms with van der Waals surface area (Å²) in [7, 11) is 0. The molecule has 0 bridgehead atoms. The minimum atomic E-state index is -1.38. The van der Waals surface area contributed by atoms with Gasteiger partial charge in [0.1, 0.15) is 5.82 Å². The molecule has 0 saturated heterocycles. The fraction of sp³-hybridized carbons (Fsp3) is 0.190. The lowest BCUT2D eigenvalue weighted by Gasteiger charge is -2.14. The van der Waals surface area contributed by atoms with Gasteiger partial charge in [-0.05, 0) is 56.0 Å².